The van der Waals surface area contributed by atoms with Crippen molar-refractivity contribution in [2.45, 2.75) is 11.5 Å². The van der Waals surface area contributed by atoms with E-state index in [0.717, 1.165) is 11.3 Å². The summed E-state index contributed by atoms with van der Waals surface area (Å²) in [7, 11) is -2.66. The molecule has 0 atom stereocenters. The summed E-state index contributed by atoms with van der Waals surface area (Å²) >= 11 is 0.812. The molecule has 0 unspecified atom stereocenters. The quantitative estimate of drug-likeness (QED) is 0.797. The minimum Gasteiger partial charge on any atom is -0.477 e. The Morgan fingerprint density at radius 1 is 1.67 bits per heavy atom. The van der Waals surface area contributed by atoms with E-state index in [1.54, 1.807) is 0 Å². The number of nitrogens with two attached hydrogens (primary N) is 1. The zero-order valence-electron chi connectivity index (χ0n) is 7.76. The average molecular weight is 251 g/mol. The molecule has 15 heavy (non-hydrogen) atoms. The van der Waals surface area contributed by atoms with Crippen molar-refractivity contribution >= 4 is 27.3 Å². The number of hydrogen-bond donors (Lipinski definition) is 2. The number of ether oxygens (including phenoxy) is 1. The van der Waals surface area contributed by atoms with E-state index in [2.05, 4.69) is 0 Å². The van der Waals surface area contributed by atoms with Gasteiger partial charge >= 0.3 is 5.97 Å². The summed E-state index contributed by atoms with van der Waals surface area (Å²) in [6, 6.07) is 0. The minimum absolute atomic E-state index is 0.00947. The Morgan fingerprint density at radius 3 is 2.67 bits per heavy atom. The lowest BCUT2D eigenvalue weighted by Gasteiger charge is -2.01. The fraction of sp³-hybridized carbons (Fsp3) is 0.286. The van der Waals surface area contributed by atoms with Crippen LogP contribution in [0.4, 0.5) is 0 Å². The van der Waals surface area contributed by atoms with Crippen molar-refractivity contribution in [2.75, 3.05) is 7.11 Å². The highest BCUT2D eigenvalue weighted by molar-refractivity contribution is 7.89. The van der Waals surface area contributed by atoms with E-state index in [4.69, 9.17) is 15.0 Å². The van der Waals surface area contributed by atoms with Gasteiger partial charge in [-0.3, -0.25) is 0 Å². The maximum atomic E-state index is 11.2. The van der Waals surface area contributed by atoms with E-state index in [0.29, 0.717) is 0 Å². The molecule has 0 fully saturated rings. The van der Waals surface area contributed by atoms with Gasteiger partial charge in [0.05, 0.1) is 6.61 Å². The second-order valence-corrected chi connectivity index (χ2v) is 5.08. The van der Waals surface area contributed by atoms with Crippen LogP contribution < -0.4 is 5.14 Å². The Bertz CT molecular complexity index is 476. The molecule has 1 aromatic heterocycles. The minimum atomic E-state index is -4.04. The first kappa shape index (κ1) is 12.1. The van der Waals surface area contributed by atoms with Gasteiger partial charge in [-0.15, -0.1) is 11.3 Å². The predicted molar refractivity (Wildman–Crippen MR) is 53.4 cm³/mol. The van der Waals surface area contributed by atoms with Crippen LogP contribution in [0.5, 0.6) is 0 Å². The number of carbonyl (C=O) groups is 1. The SMILES string of the molecule is COCc1csc(C(=O)O)c1S(N)(=O)=O. The van der Waals surface area contributed by atoms with Gasteiger partial charge in [-0.1, -0.05) is 0 Å². The molecule has 0 spiro atoms. The number of hydrogen-bond acceptors (Lipinski definition) is 5. The molecule has 1 heterocycles. The maximum absolute atomic E-state index is 11.2. The van der Waals surface area contributed by atoms with Crippen molar-refractivity contribution < 1.29 is 23.1 Å². The number of rotatable bonds is 4. The molecule has 0 radical (unpaired) electrons. The largest absolute Gasteiger partial charge is 0.477 e. The lowest BCUT2D eigenvalue weighted by atomic mass is 10.3. The molecule has 0 aliphatic heterocycles. The number of thiophene rings is 1. The van der Waals surface area contributed by atoms with Crippen molar-refractivity contribution in [3.63, 3.8) is 0 Å². The van der Waals surface area contributed by atoms with Gasteiger partial charge in [0, 0.05) is 12.7 Å². The molecule has 8 heteroatoms. The van der Waals surface area contributed by atoms with Gasteiger partial charge in [-0.05, 0) is 5.38 Å². The average Bonchev–Trinajstić information content (AvgIpc) is 2.47. The zero-order chi connectivity index (χ0) is 11.6. The number of carboxylic acid groups (broad SMARTS) is 1. The van der Waals surface area contributed by atoms with Crippen LogP contribution in [0, 0.1) is 0 Å². The van der Waals surface area contributed by atoms with Gasteiger partial charge in [0.1, 0.15) is 9.77 Å². The van der Waals surface area contributed by atoms with Crippen LogP contribution in [0.1, 0.15) is 15.2 Å². The molecule has 0 aromatic carbocycles. The molecule has 0 saturated carbocycles. The Balaban J connectivity index is 3.40. The topological polar surface area (TPSA) is 107 Å². The molecule has 0 aliphatic carbocycles. The van der Waals surface area contributed by atoms with Crippen LogP contribution in [-0.2, 0) is 21.4 Å². The van der Waals surface area contributed by atoms with E-state index in [-0.39, 0.29) is 21.9 Å². The van der Waals surface area contributed by atoms with Crippen LogP contribution >= 0.6 is 11.3 Å². The molecule has 1 rings (SSSR count). The van der Waals surface area contributed by atoms with E-state index in [9.17, 15) is 13.2 Å². The highest BCUT2D eigenvalue weighted by atomic mass is 32.2. The molecular formula is C7H9NO5S2. The number of primary sulfonamides is 1. The van der Waals surface area contributed by atoms with Gasteiger partial charge in [0.25, 0.3) is 0 Å². The lowest BCUT2D eigenvalue weighted by Crippen LogP contribution is -2.16. The summed E-state index contributed by atoms with van der Waals surface area (Å²) in [6.45, 7) is 0.00947. The third-order valence-electron chi connectivity index (χ3n) is 1.60. The van der Waals surface area contributed by atoms with Crippen molar-refractivity contribution in [1.82, 2.24) is 0 Å². The van der Waals surface area contributed by atoms with Crippen LogP contribution in [0.25, 0.3) is 0 Å². The fourth-order valence-electron chi connectivity index (χ4n) is 1.10. The fourth-order valence-corrected chi connectivity index (χ4v) is 3.28. The second kappa shape index (κ2) is 4.27. The Morgan fingerprint density at radius 2 is 2.27 bits per heavy atom. The maximum Gasteiger partial charge on any atom is 0.347 e. The molecule has 6 nitrogen and oxygen atoms in total. The Hall–Kier alpha value is -0.960. The van der Waals surface area contributed by atoms with Crippen molar-refractivity contribution in [2.24, 2.45) is 5.14 Å². The van der Waals surface area contributed by atoms with Gasteiger partial charge in [0.15, 0.2) is 0 Å². The molecule has 84 valence electrons. The smallest absolute Gasteiger partial charge is 0.347 e. The van der Waals surface area contributed by atoms with E-state index in [1.165, 1.54) is 12.5 Å². The number of aromatic carboxylic acids is 1. The van der Waals surface area contributed by atoms with E-state index >= 15 is 0 Å². The molecule has 0 saturated heterocycles. The summed E-state index contributed by atoms with van der Waals surface area (Å²) in [5, 5.41) is 15.1. The highest BCUT2D eigenvalue weighted by Gasteiger charge is 2.25. The van der Waals surface area contributed by atoms with Crippen LogP contribution in [0.3, 0.4) is 0 Å². The third kappa shape index (κ3) is 2.53. The summed E-state index contributed by atoms with van der Waals surface area (Å²) in [6.07, 6.45) is 0. The van der Waals surface area contributed by atoms with Crippen LogP contribution in [0.15, 0.2) is 10.3 Å². The molecule has 0 amide bonds. The van der Waals surface area contributed by atoms with Gasteiger partial charge in [-0.2, -0.15) is 0 Å². The van der Waals surface area contributed by atoms with Gasteiger partial charge < -0.3 is 9.84 Å². The Kier molecular flexibility index (Phi) is 3.45. The van der Waals surface area contributed by atoms with Crippen molar-refractivity contribution in [3.8, 4) is 0 Å². The zero-order valence-corrected chi connectivity index (χ0v) is 9.39. The first-order valence-electron chi connectivity index (χ1n) is 3.73. The van der Waals surface area contributed by atoms with Crippen molar-refractivity contribution in [3.05, 3.63) is 15.8 Å². The first-order valence-corrected chi connectivity index (χ1v) is 6.16. The van der Waals surface area contributed by atoms with Gasteiger partial charge in [0.2, 0.25) is 10.0 Å². The number of sulfonamides is 1. The Labute approximate surface area is 90.3 Å². The summed E-state index contributed by atoms with van der Waals surface area (Å²) in [4.78, 5) is 10.1. The highest BCUT2D eigenvalue weighted by Crippen LogP contribution is 2.26. The lowest BCUT2D eigenvalue weighted by molar-refractivity contribution is 0.0698. The molecule has 0 bridgehead atoms. The summed E-state index contributed by atoms with van der Waals surface area (Å²) in [5.41, 5.74) is 0.266. The normalized spacial score (nSPS) is 11.6. The number of carboxylic acids is 1. The van der Waals surface area contributed by atoms with Gasteiger partial charge in [-0.25, -0.2) is 18.4 Å². The third-order valence-corrected chi connectivity index (χ3v) is 3.78. The number of methoxy groups -OCH3 is 1. The summed E-state index contributed by atoms with van der Waals surface area (Å²) < 4.78 is 27.1. The second-order valence-electron chi connectivity index (χ2n) is 2.70. The van der Waals surface area contributed by atoms with E-state index < -0.39 is 16.0 Å². The van der Waals surface area contributed by atoms with E-state index in [1.807, 2.05) is 0 Å². The standard InChI is InChI=1S/C7H9NO5S2/c1-13-2-4-3-14-5(7(9)10)6(4)15(8,11)12/h3H,2H2,1H3,(H,9,10)(H2,8,11,12). The van der Waals surface area contributed by atoms with Crippen molar-refractivity contribution in [1.29, 1.82) is 0 Å². The predicted octanol–water partition coefficient (Wildman–Crippen LogP) is 0.240. The van der Waals surface area contributed by atoms with Crippen LogP contribution in [0.2, 0.25) is 0 Å². The first-order chi connectivity index (χ1) is 6.88. The monoisotopic (exact) mass is 251 g/mol. The van der Waals surface area contributed by atoms with Crippen LogP contribution in [-0.4, -0.2) is 26.6 Å². The molecular weight excluding hydrogens is 242 g/mol. The molecule has 0 aliphatic rings. The molecule has 1 aromatic rings. The molecule has 3 N–H and O–H groups in total. The summed E-state index contributed by atoms with van der Waals surface area (Å²) in [5.74, 6) is -1.31.